The van der Waals surface area contributed by atoms with Crippen LogP contribution in [0.2, 0.25) is 0 Å². The maximum Gasteiger partial charge on any atom is 0.253 e. The van der Waals surface area contributed by atoms with Crippen LogP contribution in [0.5, 0.6) is 0 Å². The van der Waals surface area contributed by atoms with Gasteiger partial charge in [-0.2, -0.15) is 5.10 Å². The molecule has 0 unspecified atom stereocenters. The van der Waals surface area contributed by atoms with E-state index >= 15 is 0 Å². The fourth-order valence-corrected chi connectivity index (χ4v) is 3.88. The van der Waals surface area contributed by atoms with Crippen molar-refractivity contribution in [1.29, 1.82) is 0 Å². The Kier molecular flexibility index (Phi) is 5.71. The predicted molar refractivity (Wildman–Crippen MR) is 130 cm³/mol. The summed E-state index contributed by atoms with van der Waals surface area (Å²) in [5.74, 6) is 0.319. The number of hydrogen-bond acceptors (Lipinski definition) is 5. The number of nitrogens with zero attached hydrogens (tertiary/aromatic N) is 3. The third-order valence-corrected chi connectivity index (χ3v) is 6.03. The zero-order valence-electron chi connectivity index (χ0n) is 19.1. The van der Waals surface area contributed by atoms with Crippen molar-refractivity contribution in [2.45, 2.75) is 39.3 Å². The first-order valence-corrected chi connectivity index (χ1v) is 11.3. The number of aromatic nitrogens is 3. The molecule has 8 heteroatoms. The van der Waals surface area contributed by atoms with Gasteiger partial charge < -0.3 is 16.0 Å². The molecule has 2 aromatic carbocycles. The second kappa shape index (κ2) is 8.97. The molecular formula is C26H26N6O2. The highest BCUT2D eigenvalue weighted by Gasteiger charge is 2.24. The largest absolute Gasteiger partial charge is 0.349 e. The monoisotopic (exact) mass is 454 g/mol. The highest BCUT2D eigenvalue weighted by molar-refractivity contribution is 5.99. The van der Waals surface area contributed by atoms with Gasteiger partial charge in [0, 0.05) is 30.0 Å². The predicted octanol–water partition coefficient (Wildman–Crippen LogP) is 3.91. The molecule has 0 radical (unpaired) electrons. The first-order valence-electron chi connectivity index (χ1n) is 11.3. The molecule has 2 aromatic heterocycles. The number of hydrogen-bond donors (Lipinski definition) is 3. The summed E-state index contributed by atoms with van der Waals surface area (Å²) < 4.78 is 1.65. The molecule has 0 aliphatic heterocycles. The van der Waals surface area contributed by atoms with Crippen molar-refractivity contribution in [2.75, 3.05) is 5.32 Å². The number of amides is 2. The number of rotatable bonds is 7. The molecule has 2 heterocycles. The second-order valence-electron chi connectivity index (χ2n) is 8.64. The molecule has 0 bridgehead atoms. The molecule has 1 saturated carbocycles. The van der Waals surface area contributed by atoms with Crippen LogP contribution in [0.4, 0.5) is 11.5 Å². The quantitative estimate of drug-likeness (QED) is 0.393. The zero-order valence-corrected chi connectivity index (χ0v) is 19.1. The summed E-state index contributed by atoms with van der Waals surface area (Å²) in [6.07, 6.45) is 5.23. The maximum absolute atomic E-state index is 12.9. The summed E-state index contributed by atoms with van der Waals surface area (Å²) in [4.78, 5) is 29.8. The van der Waals surface area contributed by atoms with Gasteiger partial charge in [0.2, 0.25) is 0 Å². The molecule has 0 spiro atoms. The lowest BCUT2D eigenvalue weighted by atomic mass is 10.1. The third-order valence-electron chi connectivity index (χ3n) is 6.03. The normalized spacial score (nSPS) is 13.0. The van der Waals surface area contributed by atoms with E-state index in [0.717, 1.165) is 35.2 Å². The fourth-order valence-electron chi connectivity index (χ4n) is 3.88. The van der Waals surface area contributed by atoms with Gasteiger partial charge in [-0.3, -0.25) is 9.59 Å². The molecule has 4 aromatic rings. The molecule has 1 aliphatic rings. The van der Waals surface area contributed by atoms with Crippen LogP contribution in [-0.2, 0) is 6.54 Å². The van der Waals surface area contributed by atoms with Gasteiger partial charge in [0.25, 0.3) is 11.8 Å². The van der Waals surface area contributed by atoms with Gasteiger partial charge >= 0.3 is 0 Å². The Morgan fingerprint density at radius 3 is 2.62 bits per heavy atom. The van der Waals surface area contributed by atoms with Crippen molar-refractivity contribution in [3.8, 4) is 0 Å². The van der Waals surface area contributed by atoms with Gasteiger partial charge in [0.05, 0.1) is 5.56 Å². The highest BCUT2D eigenvalue weighted by Crippen LogP contribution is 2.28. The SMILES string of the molecule is Cc1ccc(C(=O)NC2CC2)cc1Nc1ncnn2cc(C(=O)NCc3ccccc3)c(C)c12. The Morgan fingerprint density at radius 1 is 1.06 bits per heavy atom. The van der Waals surface area contributed by atoms with Crippen LogP contribution in [0.3, 0.4) is 0 Å². The first-order chi connectivity index (χ1) is 16.5. The van der Waals surface area contributed by atoms with Crippen LogP contribution in [0.1, 0.15) is 50.2 Å². The molecule has 1 aliphatic carbocycles. The van der Waals surface area contributed by atoms with Crippen LogP contribution in [0.15, 0.2) is 61.1 Å². The number of benzene rings is 2. The number of aryl methyl sites for hydroxylation is 2. The van der Waals surface area contributed by atoms with Gasteiger partial charge in [-0.15, -0.1) is 0 Å². The Morgan fingerprint density at radius 2 is 1.85 bits per heavy atom. The van der Waals surface area contributed by atoms with Crippen molar-refractivity contribution in [2.24, 2.45) is 0 Å². The Balaban J connectivity index is 1.41. The van der Waals surface area contributed by atoms with E-state index in [1.54, 1.807) is 10.7 Å². The average Bonchev–Trinajstić information content (AvgIpc) is 3.60. The summed E-state index contributed by atoms with van der Waals surface area (Å²) in [5.41, 5.74) is 5.39. The van der Waals surface area contributed by atoms with E-state index in [1.807, 2.05) is 62.4 Å². The smallest absolute Gasteiger partial charge is 0.253 e. The number of anilines is 2. The summed E-state index contributed by atoms with van der Waals surface area (Å²) in [6.45, 7) is 4.29. The highest BCUT2D eigenvalue weighted by atomic mass is 16.2. The molecule has 34 heavy (non-hydrogen) atoms. The van der Waals surface area contributed by atoms with Crippen LogP contribution >= 0.6 is 0 Å². The van der Waals surface area contributed by atoms with E-state index < -0.39 is 0 Å². The fraction of sp³-hybridized carbons (Fsp3) is 0.231. The molecule has 5 rings (SSSR count). The van der Waals surface area contributed by atoms with E-state index in [2.05, 4.69) is 26.0 Å². The van der Waals surface area contributed by atoms with Gasteiger partial charge in [0.15, 0.2) is 5.82 Å². The first kappa shape index (κ1) is 21.6. The third kappa shape index (κ3) is 4.47. The lowest BCUT2D eigenvalue weighted by Crippen LogP contribution is -2.25. The van der Waals surface area contributed by atoms with E-state index in [-0.39, 0.29) is 11.8 Å². The van der Waals surface area contributed by atoms with Crippen molar-refractivity contribution in [3.63, 3.8) is 0 Å². The number of carbonyl (C=O) groups excluding carboxylic acids is 2. The molecule has 0 atom stereocenters. The van der Waals surface area contributed by atoms with Gasteiger partial charge in [0.1, 0.15) is 11.8 Å². The number of nitrogens with one attached hydrogen (secondary N) is 3. The van der Waals surface area contributed by atoms with Crippen molar-refractivity contribution in [3.05, 3.63) is 88.9 Å². The minimum absolute atomic E-state index is 0.0744. The Labute approximate surface area is 197 Å². The molecule has 2 amide bonds. The van der Waals surface area contributed by atoms with Crippen LogP contribution in [0, 0.1) is 13.8 Å². The number of fused-ring (bicyclic) bond motifs is 1. The van der Waals surface area contributed by atoms with E-state index in [9.17, 15) is 9.59 Å². The average molecular weight is 455 g/mol. The van der Waals surface area contributed by atoms with Crippen LogP contribution in [-0.4, -0.2) is 32.5 Å². The molecule has 0 saturated heterocycles. The summed E-state index contributed by atoms with van der Waals surface area (Å²) in [6, 6.07) is 15.6. The van der Waals surface area contributed by atoms with Gasteiger partial charge in [-0.1, -0.05) is 36.4 Å². The lowest BCUT2D eigenvalue weighted by Gasteiger charge is -2.12. The van der Waals surface area contributed by atoms with Crippen LogP contribution < -0.4 is 16.0 Å². The standard InChI is InChI=1S/C26H26N6O2/c1-16-8-9-19(25(33)30-20-10-11-20)12-22(16)31-24-23-17(2)21(14-32(23)29-15-28-24)26(34)27-13-18-6-4-3-5-7-18/h3-9,12,14-15,20H,10-11,13H2,1-2H3,(H,27,34)(H,30,33)(H,28,29,31). The molecule has 172 valence electrons. The Hall–Kier alpha value is -4.20. The van der Waals surface area contributed by atoms with Gasteiger partial charge in [-0.05, 0) is 55.5 Å². The maximum atomic E-state index is 12.9. The van der Waals surface area contributed by atoms with Crippen molar-refractivity contribution in [1.82, 2.24) is 25.2 Å². The van der Waals surface area contributed by atoms with Gasteiger partial charge in [-0.25, -0.2) is 9.50 Å². The van der Waals surface area contributed by atoms with Crippen LogP contribution in [0.25, 0.3) is 5.52 Å². The van der Waals surface area contributed by atoms with Crippen molar-refractivity contribution < 1.29 is 9.59 Å². The topological polar surface area (TPSA) is 100 Å². The summed E-state index contributed by atoms with van der Waals surface area (Å²) in [5, 5.41) is 13.6. The minimum Gasteiger partial charge on any atom is -0.349 e. The minimum atomic E-state index is -0.173. The van der Waals surface area contributed by atoms with E-state index in [4.69, 9.17) is 0 Å². The molecule has 1 fully saturated rings. The van der Waals surface area contributed by atoms with E-state index in [0.29, 0.717) is 35.0 Å². The summed E-state index contributed by atoms with van der Waals surface area (Å²) in [7, 11) is 0. The molecule has 3 N–H and O–H groups in total. The van der Waals surface area contributed by atoms with Crippen molar-refractivity contribution >= 4 is 28.8 Å². The molecule has 8 nitrogen and oxygen atoms in total. The van der Waals surface area contributed by atoms with E-state index in [1.165, 1.54) is 6.33 Å². The zero-order chi connectivity index (χ0) is 23.7. The summed E-state index contributed by atoms with van der Waals surface area (Å²) >= 11 is 0. The Bertz CT molecular complexity index is 1380. The number of carbonyl (C=O) groups is 2. The lowest BCUT2D eigenvalue weighted by molar-refractivity contribution is 0.0942. The second-order valence-corrected chi connectivity index (χ2v) is 8.64. The molecular weight excluding hydrogens is 428 g/mol.